The van der Waals surface area contributed by atoms with Crippen LogP contribution in [0.1, 0.15) is 5.56 Å². The Morgan fingerprint density at radius 3 is 2.61 bits per heavy atom. The molecule has 0 fully saturated rings. The Balaban J connectivity index is 1.88. The number of anilines is 2. The summed E-state index contributed by atoms with van der Waals surface area (Å²) >= 11 is 6.12. The number of aromatic amines is 1. The van der Waals surface area contributed by atoms with Gasteiger partial charge in [-0.2, -0.15) is 0 Å². The Hall–Kier alpha value is -3.09. The first-order chi connectivity index (χ1) is 13.5. The third-order valence-corrected chi connectivity index (χ3v) is 4.65. The summed E-state index contributed by atoms with van der Waals surface area (Å²) < 4.78 is 0. The van der Waals surface area contributed by atoms with E-state index in [2.05, 4.69) is 25.2 Å². The van der Waals surface area contributed by atoms with E-state index in [1.807, 2.05) is 50.5 Å². The quantitative estimate of drug-likeness (QED) is 0.454. The third kappa shape index (κ3) is 3.65. The summed E-state index contributed by atoms with van der Waals surface area (Å²) in [5.74, 6) is 0.947. The fraction of sp³-hybridized carbons (Fsp3) is 0.143. The summed E-state index contributed by atoms with van der Waals surface area (Å²) in [5, 5.41) is 14.6. The lowest BCUT2D eigenvalue weighted by Crippen LogP contribution is -2.11. The monoisotopic (exact) mass is 393 g/mol. The Kier molecular flexibility index (Phi) is 4.90. The highest BCUT2D eigenvalue weighted by molar-refractivity contribution is 6.30. The van der Waals surface area contributed by atoms with Crippen LogP contribution in [-0.4, -0.2) is 39.1 Å². The average Bonchev–Trinajstić information content (AvgIpc) is 3.01. The van der Waals surface area contributed by atoms with Crippen LogP contribution in [0.5, 0.6) is 5.75 Å². The van der Waals surface area contributed by atoms with Crippen LogP contribution in [0.3, 0.4) is 0 Å². The van der Waals surface area contributed by atoms with Crippen molar-refractivity contribution in [2.75, 3.05) is 19.4 Å². The first-order valence-electron chi connectivity index (χ1n) is 8.83. The summed E-state index contributed by atoms with van der Waals surface area (Å²) in [6.45, 7) is 0.702. The molecule has 4 rings (SSSR count). The number of benzene rings is 2. The van der Waals surface area contributed by atoms with Crippen LogP contribution in [0, 0.1) is 0 Å². The molecular weight excluding hydrogens is 374 g/mol. The van der Waals surface area contributed by atoms with E-state index in [1.54, 1.807) is 12.1 Å². The first-order valence-corrected chi connectivity index (χ1v) is 9.21. The van der Waals surface area contributed by atoms with Gasteiger partial charge in [0.25, 0.3) is 0 Å². The van der Waals surface area contributed by atoms with E-state index in [1.165, 1.54) is 6.33 Å². The van der Waals surface area contributed by atoms with Gasteiger partial charge in [-0.25, -0.2) is 9.97 Å². The van der Waals surface area contributed by atoms with Gasteiger partial charge in [-0.1, -0.05) is 17.7 Å². The minimum Gasteiger partial charge on any atom is -0.508 e. The highest BCUT2D eigenvalue weighted by Crippen LogP contribution is 2.35. The lowest BCUT2D eigenvalue weighted by Gasteiger charge is -2.13. The van der Waals surface area contributed by atoms with Gasteiger partial charge in [-0.15, -0.1) is 0 Å². The number of phenolic OH excluding ortho intramolecular Hbond substituents is 1. The Labute approximate surface area is 167 Å². The summed E-state index contributed by atoms with van der Waals surface area (Å²) in [6.07, 6.45) is 1.53. The van der Waals surface area contributed by atoms with Crippen molar-refractivity contribution in [1.82, 2.24) is 19.9 Å². The SMILES string of the molecule is CN(C)Cc1c(-c2ccc(O)cc2)[nH]c2ncnc(Nc3cccc(Cl)c3)c12. The van der Waals surface area contributed by atoms with Crippen molar-refractivity contribution in [3.05, 3.63) is 65.4 Å². The maximum absolute atomic E-state index is 9.63. The average molecular weight is 394 g/mol. The van der Waals surface area contributed by atoms with E-state index in [4.69, 9.17) is 11.6 Å². The van der Waals surface area contributed by atoms with E-state index < -0.39 is 0 Å². The fourth-order valence-electron chi connectivity index (χ4n) is 3.23. The van der Waals surface area contributed by atoms with Gasteiger partial charge in [-0.05, 0) is 62.1 Å². The number of H-pyrrole nitrogens is 1. The largest absolute Gasteiger partial charge is 0.508 e. The molecule has 142 valence electrons. The van der Waals surface area contributed by atoms with Gasteiger partial charge in [0.1, 0.15) is 23.5 Å². The molecule has 0 atom stereocenters. The topological polar surface area (TPSA) is 77.1 Å². The molecule has 28 heavy (non-hydrogen) atoms. The molecule has 2 heterocycles. The van der Waals surface area contributed by atoms with Gasteiger partial charge in [0.2, 0.25) is 0 Å². The number of nitrogens with zero attached hydrogens (tertiary/aromatic N) is 3. The first kappa shape index (κ1) is 18.3. The minimum absolute atomic E-state index is 0.233. The van der Waals surface area contributed by atoms with Crippen molar-refractivity contribution >= 4 is 34.1 Å². The number of phenols is 1. The van der Waals surface area contributed by atoms with Crippen molar-refractivity contribution in [3.63, 3.8) is 0 Å². The second-order valence-electron chi connectivity index (χ2n) is 6.84. The van der Waals surface area contributed by atoms with Crippen molar-refractivity contribution in [3.8, 4) is 17.0 Å². The van der Waals surface area contributed by atoms with E-state index >= 15 is 0 Å². The molecule has 0 aliphatic heterocycles. The van der Waals surface area contributed by atoms with Gasteiger partial charge in [0.15, 0.2) is 0 Å². The van der Waals surface area contributed by atoms with Crippen molar-refractivity contribution in [2.45, 2.75) is 6.54 Å². The lowest BCUT2D eigenvalue weighted by molar-refractivity contribution is 0.404. The number of fused-ring (bicyclic) bond motifs is 1. The van der Waals surface area contributed by atoms with Crippen LogP contribution in [0.4, 0.5) is 11.5 Å². The Morgan fingerprint density at radius 1 is 1.11 bits per heavy atom. The fourth-order valence-corrected chi connectivity index (χ4v) is 3.42. The van der Waals surface area contributed by atoms with Crippen LogP contribution < -0.4 is 5.32 Å². The summed E-state index contributed by atoms with van der Waals surface area (Å²) in [5.41, 5.74) is 4.62. The predicted molar refractivity (Wildman–Crippen MR) is 113 cm³/mol. The maximum atomic E-state index is 9.63. The van der Waals surface area contributed by atoms with Gasteiger partial charge in [0.05, 0.1) is 11.1 Å². The number of aromatic hydroxyl groups is 1. The molecule has 0 saturated heterocycles. The molecule has 2 aromatic heterocycles. The molecule has 0 saturated carbocycles. The lowest BCUT2D eigenvalue weighted by atomic mass is 10.1. The Bertz CT molecular complexity index is 1120. The van der Waals surface area contributed by atoms with Crippen LogP contribution in [0.2, 0.25) is 5.02 Å². The third-order valence-electron chi connectivity index (χ3n) is 4.41. The molecule has 0 unspecified atom stereocenters. The molecule has 0 spiro atoms. The molecule has 0 aliphatic carbocycles. The smallest absolute Gasteiger partial charge is 0.143 e. The molecule has 3 N–H and O–H groups in total. The molecule has 4 aromatic rings. The number of hydrogen-bond acceptors (Lipinski definition) is 5. The minimum atomic E-state index is 0.233. The zero-order valence-corrected chi connectivity index (χ0v) is 16.3. The number of aromatic nitrogens is 3. The van der Waals surface area contributed by atoms with Gasteiger partial charge >= 0.3 is 0 Å². The number of rotatable bonds is 5. The molecule has 7 heteroatoms. The highest BCUT2D eigenvalue weighted by atomic mass is 35.5. The normalized spacial score (nSPS) is 11.3. The van der Waals surface area contributed by atoms with Crippen molar-refractivity contribution in [1.29, 1.82) is 0 Å². The van der Waals surface area contributed by atoms with Gasteiger partial charge in [0, 0.05) is 22.8 Å². The number of hydrogen-bond donors (Lipinski definition) is 3. The second kappa shape index (κ2) is 7.50. The second-order valence-corrected chi connectivity index (χ2v) is 7.28. The molecular formula is C21H20ClN5O. The molecule has 0 amide bonds. The van der Waals surface area contributed by atoms with E-state index in [0.717, 1.165) is 33.5 Å². The van der Waals surface area contributed by atoms with E-state index in [0.29, 0.717) is 17.4 Å². The van der Waals surface area contributed by atoms with Crippen LogP contribution in [0.25, 0.3) is 22.3 Å². The molecule has 0 aliphatic rings. The zero-order chi connectivity index (χ0) is 19.7. The zero-order valence-electron chi connectivity index (χ0n) is 15.6. The summed E-state index contributed by atoms with van der Waals surface area (Å²) in [4.78, 5) is 14.4. The van der Waals surface area contributed by atoms with E-state index in [9.17, 15) is 5.11 Å². The maximum Gasteiger partial charge on any atom is 0.143 e. The van der Waals surface area contributed by atoms with Crippen LogP contribution >= 0.6 is 11.6 Å². The van der Waals surface area contributed by atoms with E-state index in [-0.39, 0.29) is 5.75 Å². The van der Waals surface area contributed by atoms with Crippen molar-refractivity contribution in [2.24, 2.45) is 0 Å². The van der Waals surface area contributed by atoms with Crippen LogP contribution in [0.15, 0.2) is 54.9 Å². The number of halogens is 1. The van der Waals surface area contributed by atoms with Gasteiger partial charge < -0.3 is 20.3 Å². The van der Waals surface area contributed by atoms with Crippen LogP contribution in [-0.2, 0) is 6.54 Å². The predicted octanol–water partition coefficient (Wildman–Crippen LogP) is 4.79. The highest BCUT2D eigenvalue weighted by Gasteiger charge is 2.19. The molecule has 2 aromatic carbocycles. The molecule has 0 bridgehead atoms. The molecule has 0 radical (unpaired) electrons. The van der Waals surface area contributed by atoms with Gasteiger partial charge in [-0.3, -0.25) is 0 Å². The van der Waals surface area contributed by atoms with Crippen molar-refractivity contribution < 1.29 is 5.11 Å². The summed E-state index contributed by atoms with van der Waals surface area (Å²) in [7, 11) is 4.04. The Morgan fingerprint density at radius 2 is 1.89 bits per heavy atom. The summed E-state index contributed by atoms with van der Waals surface area (Å²) in [6, 6.07) is 14.6. The standard InChI is InChI=1S/C21H20ClN5O/c1-27(2)11-17-18-20(25-15-5-3-4-14(22)10-15)23-12-24-21(18)26-19(17)13-6-8-16(28)9-7-13/h3-10,12,28H,11H2,1-2H3,(H2,23,24,25,26). The molecule has 6 nitrogen and oxygen atoms in total. The number of nitrogens with one attached hydrogen (secondary N) is 2.